The van der Waals surface area contributed by atoms with E-state index >= 15 is 0 Å². The Balaban J connectivity index is 2.31. The first-order valence-corrected chi connectivity index (χ1v) is 5.08. The van der Waals surface area contributed by atoms with Gasteiger partial charge >= 0.3 is 5.97 Å². The van der Waals surface area contributed by atoms with Crippen molar-refractivity contribution in [3.63, 3.8) is 0 Å². The second kappa shape index (κ2) is 5.30. The van der Waals surface area contributed by atoms with E-state index in [0.29, 0.717) is 18.2 Å². The number of carbonyl (C=O) groups is 2. The summed E-state index contributed by atoms with van der Waals surface area (Å²) >= 11 is 1.07. The van der Waals surface area contributed by atoms with E-state index in [1.54, 1.807) is 0 Å². The summed E-state index contributed by atoms with van der Waals surface area (Å²) in [6, 6.07) is 0. The number of anilines is 1. The molecule has 0 spiro atoms. The van der Waals surface area contributed by atoms with Crippen molar-refractivity contribution in [3.05, 3.63) is 11.1 Å². The fraction of sp³-hybridized carbons (Fsp3) is 0.375. The Hall–Kier alpha value is -1.63. The molecule has 0 saturated heterocycles. The van der Waals surface area contributed by atoms with E-state index in [-0.39, 0.29) is 10.8 Å². The van der Waals surface area contributed by atoms with E-state index in [9.17, 15) is 9.59 Å². The first kappa shape index (κ1) is 11.4. The van der Waals surface area contributed by atoms with Crippen molar-refractivity contribution in [2.45, 2.75) is 6.92 Å². The summed E-state index contributed by atoms with van der Waals surface area (Å²) in [5.74, 6) is -1.08. The summed E-state index contributed by atoms with van der Waals surface area (Å²) in [4.78, 5) is 25.1. The number of amides is 1. The zero-order valence-corrected chi connectivity index (χ0v) is 8.93. The fourth-order valence-corrected chi connectivity index (χ4v) is 1.54. The average molecular weight is 229 g/mol. The van der Waals surface area contributed by atoms with Crippen LogP contribution in [0.15, 0.2) is 6.20 Å². The van der Waals surface area contributed by atoms with Crippen LogP contribution in [0.3, 0.4) is 0 Å². The minimum Gasteiger partial charge on any atom is -0.477 e. The molecule has 1 rings (SSSR count). The van der Waals surface area contributed by atoms with E-state index < -0.39 is 5.97 Å². The quantitative estimate of drug-likeness (QED) is 0.635. The molecule has 0 saturated carbocycles. The van der Waals surface area contributed by atoms with Crippen molar-refractivity contribution < 1.29 is 14.7 Å². The number of rotatable bonds is 5. The van der Waals surface area contributed by atoms with Crippen LogP contribution in [-0.4, -0.2) is 35.1 Å². The third-order valence-corrected chi connectivity index (χ3v) is 2.43. The third kappa shape index (κ3) is 3.94. The van der Waals surface area contributed by atoms with Crippen molar-refractivity contribution in [3.8, 4) is 0 Å². The van der Waals surface area contributed by atoms with Gasteiger partial charge in [-0.25, -0.2) is 9.78 Å². The smallest absolute Gasteiger partial charge is 0.347 e. The van der Waals surface area contributed by atoms with Crippen LogP contribution in [0.25, 0.3) is 0 Å². The molecule has 6 nitrogen and oxygen atoms in total. The molecule has 0 aromatic carbocycles. The van der Waals surface area contributed by atoms with E-state index in [1.165, 1.54) is 13.1 Å². The number of hydrogen-bond acceptors (Lipinski definition) is 5. The minimum atomic E-state index is -0.984. The standard InChI is InChI=1S/C8H11N3O3S/c1-5(12)9-2-3-10-8-11-4-6(15-8)7(13)14/h4H,2-3H2,1H3,(H,9,12)(H,10,11)(H,13,14). The third-order valence-electron chi connectivity index (χ3n) is 1.49. The van der Waals surface area contributed by atoms with Gasteiger partial charge in [0.15, 0.2) is 5.13 Å². The second-order valence-electron chi connectivity index (χ2n) is 2.74. The second-order valence-corrected chi connectivity index (χ2v) is 3.78. The number of hydrogen-bond donors (Lipinski definition) is 3. The number of carbonyl (C=O) groups excluding carboxylic acids is 1. The largest absolute Gasteiger partial charge is 0.477 e. The highest BCUT2D eigenvalue weighted by Gasteiger charge is 2.07. The molecule has 7 heteroatoms. The van der Waals surface area contributed by atoms with E-state index in [0.717, 1.165) is 11.3 Å². The molecule has 0 aliphatic rings. The van der Waals surface area contributed by atoms with Crippen LogP contribution in [0.1, 0.15) is 16.6 Å². The van der Waals surface area contributed by atoms with Gasteiger partial charge in [-0.05, 0) is 0 Å². The maximum atomic E-state index is 10.5. The average Bonchev–Trinajstić information content (AvgIpc) is 2.60. The van der Waals surface area contributed by atoms with E-state index in [1.807, 2.05) is 0 Å². The van der Waals surface area contributed by atoms with Gasteiger partial charge in [0.25, 0.3) is 0 Å². The number of thiazole rings is 1. The summed E-state index contributed by atoms with van der Waals surface area (Å²) in [6.07, 6.45) is 1.30. The van der Waals surface area contributed by atoms with Crippen LogP contribution < -0.4 is 10.6 Å². The SMILES string of the molecule is CC(=O)NCCNc1ncc(C(=O)O)s1. The van der Waals surface area contributed by atoms with Crippen LogP contribution in [0.2, 0.25) is 0 Å². The molecule has 1 aromatic rings. The van der Waals surface area contributed by atoms with Crippen LogP contribution >= 0.6 is 11.3 Å². The van der Waals surface area contributed by atoms with Gasteiger partial charge in [-0.15, -0.1) is 0 Å². The van der Waals surface area contributed by atoms with Gasteiger partial charge < -0.3 is 15.7 Å². The van der Waals surface area contributed by atoms with Crippen molar-refractivity contribution in [2.75, 3.05) is 18.4 Å². The molecule has 1 aromatic heterocycles. The lowest BCUT2D eigenvalue weighted by atomic mass is 10.6. The number of aromatic nitrogens is 1. The van der Waals surface area contributed by atoms with Crippen molar-refractivity contribution in [1.29, 1.82) is 0 Å². The summed E-state index contributed by atoms with van der Waals surface area (Å²) in [5, 5.41) is 14.7. The Morgan fingerprint density at radius 3 is 2.80 bits per heavy atom. The van der Waals surface area contributed by atoms with Gasteiger partial charge in [-0.1, -0.05) is 11.3 Å². The van der Waals surface area contributed by atoms with Gasteiger partial charge in [0, 0.05) is 20.0 Å². The maximum Gasteiger partial charge on any atom is 0.347 e. The zero-order valence-electron chi connectivity index (χ0n) is 8.11. The van der Waals surface area contributed by atoms with Crippen molar-refractivity contribution in [1.82, 2.24) is 10.3 Å². The predicted octanol–water partition coefficient (Wildman–Crippen LogP) is 0.389. The van der Waals surface area contributed by atoms with Crippen LogP contribution in [0.4, 0.5) is 5.13 Å². The van der Waals surface area contributed by atoms with Crippen LogP contribution in [-0.2, 0) is 4.79 Å². The topological polar surface area (TPSA) is 91.3 Å². The molecule has 0 fully saturated rings. The molecular formula is C8H11N3O3S. The normalized spacial score (nSPS) is 9.67. The highest BCUT2D eigenvalue weighted by Crippen LogP contribution is 2.17. The Bertz CT molecular complexity index is 364. The molecule has 0 bridgehead atoms. The van der Waals surface area contributed by atoms with Gasteiger partial charge in [0.05, 0.1) is 6.20 Å². The lowest BCUT2D eigenvalue weighted by Crippen LogP contribution is -2.26. The maximum absolute atomic E-state index is 10.5. The first-order chi connectivity index (χ1) is 7.09. The van der Waals surface area contributed by atoms with Gasteiger partial charge in [-0.2, -0.15) is 0 Å². The Labute approximate surface area is 90.3 Å². The van der Waals surface area contributed by atoms with Crippen molar-refractivity contribution in [2.24, 2.45) is 0 Å². The first-order valence-electron chi connectivity index (χ1n) is 4.27. The minimum absolute atomic E-state index is 0.0952. The summed E-state index contributed by atoms with van der Waals surface area (Å²) in [6.45, 7) is 2.44. The lowest BCUT2D eigenvalue weighted by Gasteiger charge is -2.02. The number of nitrogens with one attached hydrogen (secondary N) is 2. The molecular weight excluding hydrogens is 218 g/mol. The highest BCUT2D eigenvalue weighted by atomic mass is 32.1. The molecule has 0 atom stereocenters. The van der Waals surface area contributed by atoms with E-state index in [4.69, 9.17) is 5.11 Å². The zero-order chi connectivity index (χ0) is 11.3. The molecule has 0 radical (unpaired) electrons. The molecule has 3 N–H and O–H groups in total. The summed E-state index contributed by atoms with van der Waals surface area (Å²) in [7, 11) is 0. The number of nitrogens with zero attached hydrogens (tertiary/aromatic N) is 1. The fourth-order valence-electron chi connectivity index (χ4n) is 0.863. The van der Waals surface area contributed by atoms with Gasteiger partial charge in [0.2, 0.25) is 5.91 Å². The molecule has 1 amide bonds. The molecule has 82 valence electrons. The monoisotopic (exact) mass is 229 g/mol. The summed E-state index contributed by atoms with van der Waals surface area (Å²) in [5.41, 5.74) is 0. The van der Waals surface area contributed by atoms with Gasteiger partial charge in [-0.3, -0.25) is 4.79 Å². The number of aromatic carboxylic acids is 1. The summed E-state index contributed by atoms with van der Waals surface area (Å²) < 4.78 is 0. The van der Waals surface area contributed by atoms with Crippen molar-refractivity contribution >= 4 is 28.3 Å². The predicted molar refractivity (Wildman–Crippen MR) is 56.2 cm³/mol. The molecule has 15 heavy (non-hydrogen) atoms. The molecule has 0 unspecified atom stereocenters. The number of carboxylic acid groups (broad SMARTS) is 1. The van der Waals surface area contributed by atoms with Gasteiger partial charge in [0.1, 0.15) is 4.88 Å². The van der Waals surface area contributed by atoms with E-state index in [2.05, 4.69) is 15.6 Å². The molecule has 0 aliphatic heterocycles. The lowest BCUT2D eigenvalue weighted by molar-refractivity contribution is -0.118. The highest BCUT2D eigenvalue weighted by molar-refractivity contribution is 7.17. The Morgan fingerprint density at radius 1 is 1.53 bits per heavy atom. The number of carboxylic acids is 1. The Kier molecular flexibility index (Phi) is 4.04. The van der Waals surface area contributed by atoms with Crippen LogP contribution in [0, 0.1) is 0 Å². The molecule has 0 aliphatic carbocycles. The van der Waals surface area contributed by atoms with Crippen LogP contribution in [0.5, 0.6) is 0 Å². The Morgan fingerprint density at radius 2 is 2.27 bits per heavy atom. The molecule has 1 heterocycles.